The molecule has 0 amide bonds. The summed E-state index contributed by atoms with van der Waals surface area (Å²) in [6.07, 6.45) is 0.818. The molecule has 1 aliphatic rings. The third-order valence-corrected chi connectivity index (χ3v) is 9.01. The fraction of sp³-hybridized carbons (Fsp3) is 0.500. The molecule has 12 heteroatoms. The SMILES string of the molecule is CCC(C)(NP(=O)(COC)Oc1ccc(C[C@H]2C(=O)OC[C@@H]2Cc2ccc(OC)c(OC)c2)cc1OC)C(=O)O. The van der Waals surface area contributed by atoms with E-state index < -0.39 is 19.0 Å². The largest absolute Gasteiger partial charge is 0.493 e. The van der Waals surface area contributed by atoms with Crippen LogP contribution in [0.4, 0.5) is 0 Å². The quantitative estimate of drug-likeness (QED) is 0.231. The van der Waals surface area contributed by atoms with Crippen LogP contribution in [-0.2, 0) is 36.5 Å². The normalized spacial score (nSPS) is 19.7. The third-order valence-electron chi connectivity index (χ3n) is 7.08. The first kappa shape index (κ1) is 31.3. The number of benzene rings is 2. The van der Waals surface area contributed by atoms with Crippen molar-refractivity contribution in [2.45, 2.75) is 38.6 Å². The second-order valence-electron chi connectivity index (χ2n) is 9.86. The van der Waals surface area contributed by atoms with Crippen LogP contribution in [0.15, 0.2) is 36.4 Å². The number of aliphatic carboxylic acids is 1. The summed E-state index contributed by atoms with van der Waals surface area (Å²) in [5.41, 5.74) is 0.297. The summed E-state index contributed by atoms with van der Waals surface area (Å²) in [5, 5.41) is 12.3. The van der Waals surface area contributed by atoms with Crippen LogP contribution in [0, 0.1) is 11.8 Å². The molecule has 0 radical (unpaired) electrons. The Labute approximate surface area is 234 Å². The lowest BCUT2D eigenvalue weighted by Crippen LogP contribution is -2.48. The van der Waals surface area contributed by atoms with E-state index in [0.29, 0.717) is 30.9 Å². The standard InChI is InChI=1S/C28H38NO10P/c1-7-28(2,27(31)32)29-40(33,17-34-3)39-23-11-9-19(15-25(23)37-6)13-21-20(16-38-26(21)30)12-18-8-10-22(35-4)24(14-18)36-5/h8-11,14-15,20-21H,7,12-13,16-17H2,1-6H3,(H,29,33)(H,31,32)/t20-,21+,28?,40?/m0/s1. The number of ether oxygens (including phenoxy) is 5. The highest BCUT2D eigenvalue weighted by Crippen LogP contribution is 2.48. The zero-order valence-electron chi connectivity index (χ0n) is 23.7. The maximum atomic E-state index is 13.6. The first-order valence-electron chi connectivity index (χ1n) is 12.9. The Bertz CT molecular complexity index is 1250. The first-order valence-corrected chi connectivity index (χ1v) is 14.7. The Morgan fingerprint density at radius 2 is 1.57 bits per heavy atom. The van der Waals surface area contributed by atoms with Crippen LogP contribution >= 0.6 is 7.52 Å². The number of methoxy groups -OCH3 is 4. The Kier molecular flexibility index (Phi) is 10.5. The van der Waals surface area contributed by atoms with Gasteiger partial charge in [0.2, 0.25) is 0 Å². The van der Waals surface area contributed by atoms with E-state index in [0.717, 1.165) is 11.1 Å². The Morgan fingerprint density at radius 1 is 1.00 bits per heavy atom. The van der Waals surface area contributed by atoms with Crippen molar-refractivity contribution in [2.75, 3.05) is 41.4 Å². The lowest BCUT2D eigenvalue weighted by Gasteiger charge is -2.30. The van der Waals surface area contributed by atoms with Crippen molar-refractivity contribution in [3.05, 3.63) is 47.5 Å². The minimum atomic E-state index is -3.82. The molecule has 1 aliphatic heterocycles. The van der Waals surface area contributed by atoms with Gasteiger partial charge in [0, 0.05) is 13.0 Å². The average molecular weight is 580 g/mol. The van der Waals surface area contributed by atoms with E-state index in [4.69, 9.17) is 28.2 Å². The van der Waals surface area contributed by atoms with Crippen molar-refractivity contribution in [1.29, 1.82) is 0 Å². The molecule has 11 nitrogen and oxygen atoms in total. The molecule has 0 spiro atoms. The summed E-state index contributed by atoms with van der Waals surface area (Å²) in [5.74, 6) is -0.193. The first-order chi connectivity index (χ1) is 19.0. The summed E-state index contributed by atoms with van der Waals surface area (Å²) in [6, 6.07) is 10.7. The summed E-state index contributed by atoms with van der Waals surface area (Å²) in [6.45, 7) is 3.41. The highest BCUT2D eigenvalue weighted by molar-refractivity contribution is 7.57. The molecule has 4 atom stereocenters. The molecule has 2 unspecified atom stereocenters. The lowest BCUT2D eigenvalue weighted by atomic mass is 9.85. The minimum absolute atomic E-state index is 0.0543. The Morgan fingerprint density at radius 3 is 2.12 bits per heavy atom. The molecule has 0 saturated carbocycles. The molecule has 40 heavy (non-hydrogen) atoms. The van der Waals surface area contributed by atoms with Gasteiger partial charge < -0.3 is 33.3 Å². The number of hydrogen-bond acceptors (Lipinski definition) is 9. The van der Waals surface area contributed by atoms with Crippen molar-refractivity contribution >= 4 is 19.5 Å². The van der Waals surface area contributed by atoms with E-state index in [1.54, 1.807) is 39.3 Å². The monoisotopic (exact) mass is 579 g/mol. The third kappa shape index (κ3) is 7.27. The topological polar surface area (TPSA) is 139 Å². The van der Waals surface area contributed by atoms with Crippen LogP contribution < -0.4 is 23.8 Å². The molecule has 2 N–H and O–H groups in total. The average Bonchev–Trinajstić information content (AvgIpc) is 3.27. The van der Waals surface area contributed by atoms with Gasteiger partial charge in [0.15, 0.2) is 23.0 Å². The number of carboxylic acids is 1. The van der Waals surface area contributed by atoms with Crippen molar-refractivity contribution in [2.24, 2.45) is 11.8 Å². The fourth-order valence-corrected chi connectivity index (χ4v) is 6.58. The maximum Gasteiger partial charge on any atom is 0.342 e. The minimum Gasteiger partial charge on any atom is -0.493 e. The van der Waals surface area contributed by atoms with Crippen LogP contribution in [-0.4, -0.2) is 64.0 Å². The van der Waals surface area contributed by atoms with E-state index in [9.17, 15) is 19.3 Å². The van der Waals surface area contributed by atoms with Crippen LogP contribution in [0.25, 0.3) is 0 Å². The van der Waals surface area contributed by atoms with Gasteiger partial charge in [0.05, 0.1) is 33.9 Å². The number of carbonyl (C=O) groups is 2. The predicted octanol–water partition coefficient (Wildman–Crippen LogP) is 4.31. The number of carboxylic acid groups (broad SMARTS) is 1. The number of esters is 1. The van der Waals surface area contributed by atoms with Crippen molar-refractivity contribution in [3.63, 3.8) is 0 Å². The molecule has 220 valence electrons. The zero-order valence-corrected chi connectivity index (χ0v) is 24.6. The Balaban J connectivity index is 1.80. The second-order valence-corrected chi connectivity index (χ2v) is 11.9. The highest BCUT2D eigenvalue weighted by Gasteiger charge is 2.41. The molecule has 0 bridgehead atoms. The van der Waals surface area contributed by atoms with Gasteiger partial charge in [-0.15, -0.1) is 0 Å². The van der Waals surface area contributed by atoms with E-state index in [2.05, 4.69) is 5.09 Å². The van der Waals surface area contributed by atoms with Crippen LogP contribution in [0.3, 0.4) is 0 Å². The molecule has 2 aromatic carbocycles. The molecular weight excluding hydrogens is 541 g/mol. The van der Waals surface area contributed by atoms with E-state index >= 15 is 0 Å². The molecule has 0 aliphatic carbocycles. The van der Waals surface area contributed by atoms with Crippen molar-refractivity contribution in [3.8, 4) is 23.0 Å². The smallest absolute Gasteiger partial charge is 0.342 e. The molecule has 3 rings (SSSR count). The number of carbonyl (C=O) groups excluding carboxylic acids is 1. The summed E-state index contributed by atoms with van der Waals surface area (Å²) < 4.78 is 46.1. The number of hydrogen-bond donors (Lipinski definition) is 2. The molecule has 1 saturated heterocycles. The van der Waals surface area contributed by atoms with E-state index in [-0.39, 0.29) is 42.1 Å². The maximum absolute atomic E-state index is 13.6. The van der Waals surface area contributed by atoms with Gasteiger partial charge in [0.1, 0.15) is 11.9 Å². The van der Waals surface area contributed by atoms with Crippen molar-refractivity contribution < 1.29 is 47.5 Å². The fourth-order valence-electron chi connectivity index (χ4n) is 4.60. The lowest BCUT2D eigenvalue weighted by molar-refractivity contribution is -0.143. The number of cyclic esters (lactones) is 1. The molecule has 2 aromatic rings. The summed E-state index contributed by atoms with van der Waals surface area (Å²) in [7, 11) is 2.13. The van der Waals surface area contributed by atoms with Gasteiger partial charge in [-0.3, -0.25) is 14.2 Å². The molecule has 0 aromatic heterocycles. The van der Waals surface area contributed by atoms with Gasteiger partial charge in [-0.2, -0.15) is 0 Å². The van der Waals surface area contributed by atoms with Crippen LogP contribution in [0.5, 0.6) is 23.0 Å². The van der Waals surface area contributed by atoms with Gasteiger partial charge in [-0.05, 0) is 61.6 Å². The number of rotatable bonds is 15. The summed E-state index contributed by atoms with van der Waals surface area (Å²) >= 11 is 0. The van der Waals surface area contributed by atoms with Crippen LogP contribution in [0.2, 0.25) is 0 Å². The van der Waals surface area contributed by atoms with Gasteiger partial charge >= 0.3 is 19.5 Å². The van der Waals surface area contributed by atoms with Gasteiger partial charge in [0.25, 0.3) is 0 Å². The zero-order chi connectivity index (χ0) is 29.5. The molecule has 1 heterocycles. The second kappa shape index (κ2) is 13.4. The highest BCUT2D eigenvalue weighted by atomic mass is 31.2. The van der Waals surface area contributed by atoms with Crippen LogP contribution in [0.1, 0.15) is 31.4 Å². The predicted molar refractivity (Wildman–Crippen MR) is 147 cm³/mol. The number of nitrogens with one attached hydrogen (secondary N) is 1. The van der Waals surface area contributed by atoms with Gasteiger partial charge in [-0.25, -0.2) is 5.09 Å². The van der Waals surface area contributed by atoms with E-state index in [1.165, 1.54) is 21.1 Å². The molecule has 1 fully saturated rings. The molecular formula is C28H38NO10P. The summed E-state index contributed by atoms with van der Waals surface area (Å²) in [4.78, 5) is 24.5. The van der Waals surface area contributed by atoms with E-state index in [1.807, 2.05) is 18.2 Å². The Hall–Kier alpha value is -3.27. The van der Waals surface area contributed by atoms with Gasteiger partial charge in [-0.1, -0.05) is 19.1 Å². The van der Waals surface area contributed by atoms with Crippen molar-refractivity contribution in [1.82, 2.24) is 5.09 Å².